The number of aliphatic hydroxyl groups excluding tert-OH is 1. The molecule has 0 heterocycles. The Balaban J connectivity index is 1.93. The molecule has 0 bridgehead atoms. The Morgan fingerprint density at radius 2 is 1.82 bits per heavy atom. The van der Waals surface area contributed by atoms with Crippen LogP contribution in [0.5, 0.6) is 5.75 Å². The van der Waals surface area contributed by atoms with Gasteiger partial charge in [0.1, 0.15) is 5.75 Å². The van der Waals surface area contributed by atoms with E-state index in [1.807, 2.05) is 61.5 Å². The minimum absolute atomic E-state index is 0.0124. The first-order valence-corrected chi connectivity index (χ1v) is 7.34. The van der Waals surface area contributed by atoms with Gasteiger partial charge in [-0.25, -0.2) is 0 Å². The van der Waals surface area contributed by atoms with E-state index in [9.17, 15) is 9.90 Å². The van der Waals surface area contributed by atoms with Crippen molar-refractivity contribution in [3.8, 4) is 5.75 Å². The topological polar surface area (TPSA) is 58.6 Å². The van der Waals surface area contributed by atoms with E-state index in [4.69, 9.17) is 4.74 Å². The van der Waals surface area contributed by atoms with Gasteiger partial charge in [0.25, 0.3) is 5.91 Å². The van der Waals surface area contributed by atoms with Crippen LogP contribution in [0, 0.1) is 6.92 Å². The quantitative estimate of drug-likeness (QED) is 0.826. The van der Waals surface area contributed by atoms with E-state index in [1.54, 1.807) is 0 Å². The van der Waals surface area contributed by atoms with E-state index in [-0.39, 0.29) is 25.2 Å². The monoisotopic (exact) mass is 299 g/mol. The van der Waals surface area contributed by atoms with Gasteiger partial charge in [0.05, 0.1) is 6.04 Å². The zero-order valence-electron chi connectivity index (χ0n) is 12.7. The van der Waals surface area contributed by atoms with Crippen LogP contribution >= 0.6 is 0 Å². The first-order valence-electron chi connectivity index (χ1n) is 7.34. The highest BCUT2D eigenvalue weighted by molar-refractivity contribution is 5.78. The van der Waals surface area contributed by atoms with Gasteiger partial charge in [-0.2, -0.15) is 0 Å². The summed E-state index contributed by atoms with van der Waals surface area (Å²) < 4.78 is 5.54. The average Bonchev–Trinajstić information content (AvgIpc) is 2.54. The number of hydrogen-bond donors (Lipinski definition) is 2. The molecule has 0 saturated heterocycles. The van der Waals surface area contributed by atoms with Gasteiger partial charge in [0, 0.05) is 6.61 Å². The van der Waals surface area contributed by atoms with E-state index in [1.165, 1.54) is 0 Å². The van der Waals surface area contributed by atoms with E-state index in [0.29, 0.717) is 12.2 Å². The number of amides is 1. The fourth-order valence-electron chi connectivity index (χ4n) is 2.23. The molecule has 1 unspecified atom stereocenters. The third kappa shape index (κ3) is 4.60. The van der Waals surface area contributed by atoms with E-state index in [2.05, 4.69) is 5.32 Å². The van der Waals surface area contributed by atoms with Crippen LogP contribution in [0.15, 0.2) is 54.6 Å². The van der Waals surface area contributed by atoms with Crippen LogP contribution in [0.4, 0.5) is 0 Å². The van der Waals surface area contributed by atoms with Crippen molar-refractivity contribution < 1.29 is 14.6 Å². The average molecular weight is 299 g/mol. The molecular weight excluding hydrogens is 278 g/mol. The Morgan fingerprint density at radius 1 is 1.14 bits per heavy atom. The summed E-state index contributed by atoms with van der Waals surface area (Å²) in [6.45, 7) is 1.91. The van der Waals surface area contributed by atoms with Gasteiger partial charge in [-0.1, -0.05) is 48.5 Å². The predicted octanol–water partition coefficient (Wildman–Crippen LogP) is 2.61. The molecule has 116 valence electrons. The highest BCUT2D eigenvalue weighted by Crippen LogP contribution is 2.17. The number of rotatable bonds is 7. The molecule has 1 atom stereocenters. The molecular formula is C18H21NO3. The van der Waals surface area contributed by atoms with Crippen molar-refractivity contribution in [2.45, 2.75) is 19.4 Å². The van der Waals surface area contributed by atoms with Crippen LogP contribution in [-0.4, -0.2) is 24.2 Å². The van der Waals surface area contributed by atoms with Gasteiger partial charge in [-0.05, 0) is 30.5 Å². The number of carbonyl (C=O) groups excluding carboxylic acids is 1. The molecule has 0 aromatic heterocycles. The summed E-state index contributed by atoms with van der Waals surface area (Å²) in [5.41, 5.74) is 1.96. The summed E-state index contributed by atoms with van der Waals surface area (Å²) in [5.74, 6) is 0.502. The maximum absolute atomic E-state index is 12.1. The zero-order valence-corrected chi connectivity index (χ0v) is 12.7. The van der Waals surface area contributed by atoms with Crippen molar-refractivity contribution in [2.75, 3.05) is 13.2 Å². The highest BCUT2D eigenvalue weighted by Gasteiger charge is 2.14. The predicted molar refractivity (Wildman–Crippen MR) is 85.7 cm³/mol. The molecule has 4 nitrogen and oxygen atoms in total. The molecule has 0 aliphatic heterocycles. The van der Waals surface area contributed by atoms with Crippen molar-refractivity contribution in [3.05, 3.63) is 65.7 Å². The second-order valence-corrected chi connectivity index (χ2v) is 5.10. The second-order valence-electron chi connectivity index (χ2n) is 5.10. The Labute approximate surface area is 130 Å². The number of ether oxygens (including phenoxy) is 1. The van der Waals surface area contributed by atoms with Crippen molar-refractivity contribution in [1.29, 1.82) is 0 Å². The largest absolute Gasteiger partial charge is 0.484 e. The molecule has 0 saturated carbocycles. The SMILES string of the molecule is Cc1ccccc1OCC(=O)NC(CCO)c1ccccc1. The molecule has 4 heteroatoms. The summed E-state index contributed by atoms with van der Waals surface area (Å²) in [7, 11) is 0. The lowest BCUT2D eigenvalue weighted by molar-refractivity contribution is -0.124. The summed E-state index contributed by atoms with van der Waals surface area (Å²) in [4.78, 5) is 12.1. The fraction of sp³-hybridized carbons (Fsp3) is 0.278. The van der Waals surface area contributed by atoms with Gasteiger partial charge < -0.3 is 15.2 Å². The van der Waals surface area contributed by atoms with Gasteiger partial charge >= 0.3 is 0 Å². The maximum atomic E-state index is 12.1. The van der Waals surface area contributed by atoms with Crippen LogP contribution in [-0.2, 0) is 4.79 Å². The highest BCUT2D eigenvalue weighted by atomic mass is 16.5. The van der Waals surface area contributed by atoms with Crippen LogP contribution in [0.1, 0.15) is 23.6 Å². The minimum atomic E-state index is -0.209. The molecule has 0 fully saturated rings. The summed E-state index contributed by atoms with van der Waals surface area (Å²) in [6.07, 6.45) is 0.472. The van der Waals surface area contributed by atoms with E-state index in [0.717, 1.165) is 11.1 Å². The normalized spacial score (nSPS) is 11.7. The van der Waals surface area contributed by atoms with Crippen molar-refractivity contribution in [3.63, 3.8) is 0 Å². The fourth-order valence-corrected chi connectivity index (χ4v) is 2.23. The molecule has 2 N–H and O–H groups in total. The van der Waals surface area contributed by atoms with Gasteiger partial charge in [0.15, 0.2) is 6.61 Å². The Hall–Kier alpha value is -2.33. The molecule has 0 aliphatic carbocycles. The number of aryl methyl sites for hydroxylation is 1. The molecule has 1 amide bonds. The Bertz CT molecular complexity index is 598. The van der Waals surface area contributed by atoms with Gasteiger partial charge in [-0.3, -0.25) is 4.79 Å². The zero-order chi connectivity index (χ0) is 15.8. The van der Waals surface area contributed by atoms with Crippen LogP contribution < -0.4 is 10.1 Å². The Morgan fingerprint density at radius 3 is 2.50 bits per heavy atom. The first kappa shape index (κ1) is 16.0. The summed E-state index contributed by atoms with van der Waals surface area (Å²) >= 11 is 0. The molecule has 2 aromatic carbocycles. The standard InChI is InChI=1S/C18H21NO3/c1-14-7-5-6-10-17(14)22-13-18(21)19-16(11-12-20)15-8-3-2-4-9-15/h2-10,16,20H,11-13H2,1H3,(H,19,21). The van der Waals surface area contributed by atoms with Crippen molar-refractivity contribution >= 4 is 5.91 Å². The first-order chi connectivity index (χ1) is 10.7. The number of hydrogen-bond acceptors (Lipinski definition) is 3. The van der Waals surface area contributed by atoms with E-state index < -0.39 is 0 Å². The minimum Gasteiger partial charge on any atom is -0.484 e. The summed E-state index contributed by atoms with van der Waals surface area (Å²) in [5, 5.41) is 12.1. The van der Waals surface area contributed by atoms with Crippen molar-refractivity contribution in [2.24, 2.45) is 0 Å². The molecule has 0 radical (unpaired) electrons. The third-order valence-electron chi connectivity index (χ3n) is 3.41. The second kappa shape index (κ2) is 8.20. The van der Waals surface area contributed by atoms with E-state index >= 15 is 0 Å². The lowest BCUT2D eigenvalue weighted by Crippen LogP contribution is -2.33. The number of benzene rings is 2. The maximum Gasteiger partial charge on any atom is 0.258 e. The van der Waals surface area contributed by atoms with Gasteiger partial charge in [0.2, 0.25) is 0 Å². The van der Waals surface area contributed by atoms with Crippen LogP contribution in [0.3, 0.4) is 0 Å². The lowest BCUT2D eigenvalue weighted by Gasteiger charge is -2.18. The number of para-hydroxylation sites is 1. The summed E-state index contributed by atoms with van der Waals surface area (Å²) in [6, 6.07) is 17.0. The number of carbonyl (C=O) groups is 1. The molecule has 2 aromatic rings. The molecule has 0 spiro atoms. The molecule has 22 heavy (non-hydrogen) atoms. The number of nitrogens with one attached hydrogen (secondary N) is 1. The third-order valence-corrected chi connectivity index (χ3v) is 3.41. The molecule has 2 rings (SSSR count). The van der Waals surface area contributed by atoms with Crippen LogP contribution in [0.2, 0.25) is 0 Å². The Kier molecular flexibility index (Phi) is 5.98. The number of aliphatic hydroxyl groups is 1. The molecule has 0 aliphatic rings. The van der Waals surface area contributed by atoms with Gasteiger partial charge in [-0.15, -0.1) is 0 Å². The van der Waals surface area contributed by atoms with Crippen LogP contribution in [0.25, 0.3) is 0 Å². The smallest absolute Gasteiger partial charge is 0.258 e. The lowest BCUT2D eigenvalue weighted by atomic mass is 10.0. The van der Waals surface area contributed by atoms with Crippen molar-refractivity contribution in [1.82, 2.24) is 5.32 Å².